The molecule has 0 saturated carbocycles. The van der Waals surface area contributed by atoms with Crippen LogP contribution in [0.2, 0.25) is 0 Å². The van der Waals surface area contributed by atoms with Gasteiger partial charge in [0.05, 0.1) is 5.69 Å². The third-order valence-corrected chi connectivity index (χ3v) is 5.95. The second kappa shape index (κ2) is 8.66. The Hall–Kier alpha value is -3.21. The van der Waals surface area contributed by atoms with Crippen LogP contribution >= 0.6 is 0 Å². The van der Waals surface area contributed by atoms with Crippen molar-refractivity contribution < 1.29 is 4.79 Å². The lowest BCUT2D eigenvalue weighted by atomic mass is 10.1. The highest BCUT2D eigenvalue weighted by Gasteiger charge is 2.23. The summed E-state index contributed by atoms with van der Waals surface area (Å²) in [5, 5.41) is 8.87. The molecule has 0 N–H and O–H groups in total. The van der Waals surface area contributed by atoms with Crippen molar-refractivity contribution in [3.8, 4) is 11.3 Å². The minimum absolute atomic E-state index is 0.106. The number of aryl methyl sites for hydroxylation is 3. The Morgan fingerprint density at radius 2 is 1.60 bits per heavy atom. The summed E-state index contributed by atoms with van der Waals surface area (Å²) in [4.78, 5) is 17.0. The maximum Gasteiger partial charge on any atom is 0.253 e. The van der Waals surface area contributed by atoms with Crippen molar-refractivity contribution >= 4 is 11.7 Å². The lowest BCUT2D eigenvalue weighted by molar-refractivity contribution is 0.0746. The zero-order chi connectivity index (χ0) is 21.1. The van der Waals surface area contributed by atoms with Crippen molar-refractivity contribution in [1.82, 2.24) is 15.1 Å². The van der Waals surface area contributed by atoms with Crippen molar-refractivity contribution in [3.63, 3.8) is 0 Å². The number of aromatic nitrogens is 2. The first-order valence-electron chi connectivity index (χ1n) is 10.6. The zero-order valence-electron chi connectivity index (χ0n) is 17.9. The largest absolute Gasteiger partial charge is 0.352 e. The number of anilines is 1. The van der Waals surface area contributed by atoms with Crippen LogP contribution in [0.4, 0.5) is 5.82 Å². The number of hydrogen-bond acceptors (Lipinski definition) is 4. The van der Waals surface area contributed by atoms with Crippen LogP contribution in [0.1, 0.15) is 34.0 Å². The second-order valence-electron chi connectivity index (χ2n) is 7.91. The van der Waals surface area contributed by atoms with Crippen molar-refractivity contribution in [2.45, 2.75) is 27.2 Å². The van der Waals surface area contributed by atoms with Crippen LogP contribution in [0.5, 0.6) is 0 Å². The van der Waals surface area contributed by atoms with Crippen molar-refractivity contribution in [2.75, 3.05) is 31.1 Å². The summed E-state index contributed by atoms with van der Waals surface area (Å²) in [6.45, 7) is 9.16. The van der Waals surface area contributed by atoms with Gasteiger partial charge in [0.1, 0.15) is 0 Å². The second-order valence-corrected chi connectivity index (χ2v) is 7.91. The molecule has 5 nitrogen and oxygen atoms in total. The maximum atomic E-state index is 12.8. The highest BCUT2D eigenvalue weighted by Crippen LogP contribution is 2.21. The zero-order valence-corrected chi connectivity index (χ0v) is 17.9. The van der Waals surface area contributed by atoms with Crippen molar-refractivity contribution in [3.05, 3.63) is 76.9 Å². The number of carbonyl (C=O) groups is 1. The van der Waals surface area contributed by atoms with Crippen molar-refractivity contribution in [2.24, 2.45) is 0 Å². The van der Waals surface area contributed by atoms with Gasteiger partial charge in [-0.15, -0.1) is 10.2 Å². The summed E-state index contributed by atoms with van der Waals surface area (Å²) in [6, 6.07) is 18.4. The minimum atomic E-state index is 0.106. The van der Waals surface area contributed by atoms with E-state index in [9.17, 15) is 4.79 Å². The minimum Gasteiger partial charge on any atom is -0.352 e. The number of hydrogen-bond donors (Lipinski definition) is 0. The van der Waals surface area contributed by atoms with Crippen LogP contribution in [0.25, 0.3) is 11.3 Å². The van der Waals surface area contributed by atoms with E-state index < -0.39 is 0 Å². The molecule has 154 valence electrons. The molecule has 1 aliphatic heterocycles. The van der Waals surface area contributed by atoms with E-state index in [-0.39, 0.29) is 5.91 Å². The van der Waals surface area contributed by atoms with Gasteiger partial charge in [0.25, 0.3) is 5.91 Å². The molecule has 0 radical (unpaired) electrons. The van der Waals surface area contributed by atoms with Gasteiger partial charge in [-0.05, 0) is 61.2 Å². The first-order chi connectivity index (χ1) is 14.5. The van der Waals surface area contributed by atoms with Gasteiger partial charge in [-0.25, -0.2) is 0 Å². The average molecular weight is 401 g/mol. The number of nitrogens with zero attached hydrogens (tertiary/aromatic N) is 4. The monoisotopic (exact) mass is 400 g/mol. The molecule has 2 aromatic carbocycles. The topological polar surface area (TPSA) is 49.3 Å². The van der Waals surface area contributed by atoms with Gasteiger partial charge in [-0.2, -0.15) is 0 Å². The molecular formula is C25H28N4O. The smallest absolute Gasteiger partial charge is 0.253 e. The average Bonchev–Trinajstić information content (AvgIpc) is 2.81. The molecule has 1 aliphatic rings. The maximum absolute atomic E-state index is 12.8. The molecule has 1 aromatic heterocycles. The third kappa shape index (κ3) is 4.20. The van der Waals surface area contributed by atoms with E-state index in [2.05, 4.69) is 53.2 Å². The predicted molar refractivity (Wildman–Crippen MR) is 121 cm³/mol. The lowest BCUT2D eigenvalue weighted by Crippen LogP contribution is -2.49. The van der Waals surface area contributed by atoms with Gasteiger partial charge in [-0.3, -0.25) is 4.79 Å². The molecule has 0 spiro atoms. The number of piperazine rings is 1. The Balaban J connectivity index is 1.38. The Kier molecular flexibility index (Phi) is 5.79. The van der Waals surface area contributed by atoms with Crippen LogP contribution in [-0.4, -0.2) is 47.2 Å². The number of benzene rings is 2. The highest BCUT2D eigenvalue weighted by molar-refractivity contribution is 5.94. The summed E-state index contributed by atoms with van der Waals surface area (Å²) >= 11 is 0. The normalized spacial score (nSPS) is 14.1. The van der Waals surface area contributed by atoms with Gasteiger partial charge < -0.3 is 9.80 Å². The van der Waals surface area contributed by atoms with Crippen LogP contribution in [0.3, 0.4) is 0 Å². The van der Waals surface area contributed by atoms with Gasteiger partial charge in [0, 0.05) is 37.3 Å². The Bertz CT molecular complexity index is 1020. The van der Waals surface area contributed by atoms with Gasteiger partial charge in [-0.1, -0.05) is 37.3 Å². The van der Waals surface area contributed by atoms with E-state index in [0.29, 0.717) is 13.1 Å². The standard InChI is InChI=1S/C25H28N4O/c1-4-20-6-9-21(10-7-20)23-11-12-24(27-26-23)28-13-15-29(16-14-28)25(30)22-8-5-18(2)19(3)17-22/h5-12,17H,4,13-16H2,1-3H3. The van der Waals surface area contributed by atoms with Gasteiger partial charge in [0.15, 0.2) is 5.82 Å². The summed E-state index contributed by atoms with van der Waals surface area (Å²) in [5.74, 6) is 0.969. The Morgan fingerprint density at radius 3 is 2.20 bits per heavy atom. The van der Waals surface area contributed by atoms with Gasteiger partial charge >= 0.3 is 0 Å². The van der Waals surface area contributed by atoms with E-state index in [1.807, 2.05) is 42.2 Å². The number of amides is 1. The molecular weight excluding hydrogens is 372 g/mol. The molecule has 3 aromatic rings. The number of carbonyl (C=O) groups excluding carboxylic acids is 1. The Morgan fingerprint density at radius 1 is 0.867 bits per heavy atom. The molecule has 4 rings (SSSR count). The summed E-state index contributed by atoms with van der Waals surface area (Å²) in [7, 11) is 0. The summed E-state index contributed by atoms with van der Waals surface area (Å²) in [6.07, 6.45) is 1.03. The molecule has 2 heterocycles. The molecule has 5 heteroatoms. The highest BCUT2D eigenvalue weighted by atomic mass is 16.2. The predicted octanol–water partition coefficient (Wildman–Crippen LogP) is 4.29. The van der Waals surface area contributed by atoms with E-state index in [1.165, 1.54) is 11.1 Å². The molecule has 1 fully saturated rings. The SMILES string of the molecule is CCc1ccc(-c2ccc(N3CCN(C(=O)c4ccc(C)c(C)c4)CC3)nn2)cc1. The third-order valence-electron chi connectivity index (χ3n) is 5.95. The molecule has 0 atom stereocenters. The van der Waals surface area contributed by atoms with E-state index >= 15 is 0 Å². The van der Waals surface area contributed by atoms with Gasteiger partial charge in [0.2, 0.25) is 0 Å². The van der Waals surface area contributed by atoms with Crippen LogP contribution in [0, 0.1) is 13.8 Å². The van der Waals surface area contributed by atoms with Crippen LogP contribution < -0.4 is 4.90 Å². The first kappa shape index (κ1) is 20.1. The quantitative estimate of drug-likeness (QED) is 0.656. The van der Waals surface area contributed by atoms with Crippen LogP contribution in [-0.2, 0) is 6.42 Å². The number of rotatable bonds is 4. The molecule has 0 unspecified atom stereocenters. The van der Waals surface area contributed by atoms with E-state index in [0.717, 1.165) is 47.7 Å². The molecule has 0 aliphatic carbocycles. The van der Waals surface area contributed by atoms with Crippen LogP contribution in [0.15, 0.2) is 54.6 Å². The van der Waals surface area contributed by atoms with E-state index in [1.54, 1.807) is 0 Å². The summed E-state index contributed by atoms with van der Waals surface area (Å²) < 4.78 is 0. The fourth-order valence-corrected chi connectivity index (χ4v) is 3.75. The van der Waals surface area contributed by atoms with E-state index in [4.69, 9.17) is 0 Å². The first-order valence-corrected chi connectivity index (χ1v) is 10.6. The molecule has 1 amide bonds. The molecule has 0 bridgehead atoms. The van der Waals surface area contributed by atoms with Crippen molar-refractivity contribution in [1.29, 1.82) is 0 Å². The fraction of sp³-hybridized carbons (Fsp3) is 0.320. The fourth-order valence-electron chi connectivity index (χ4n) is 3.75. The lowest BCUT2D eigenvalue weighted by Gasteiger charge is -2.35. The summed E-state index contributed by atoms with van der Waals surface area (Å²) in [5.41, 5.74) is 6.40. The molecule has 30 heavy (non-hydrogen) atoms. The molecule has 1 saturated heterocycles. The Labute approximate surface area is 178 Å².